The van der Waals surface area contributed by atoms with E-state index in [2.05, 4.69) is 15.9 Å². The van der Waals surface area contributed by atoms with Gasteiger partial charge in [-0.05, 0) is 28.1 Å². The quantitative estimate of drug-likeness (QED) is 0.725. The van der Waals surface area contributed by atoms with Crippen LogP contribution in [0.1, 0.15) is 11.1 Å². The van der Waals surface area contributed by atoms with E-state index in [1.165, 1.54) is 6.07 Å². The number of benzene rings is 2. The van der Waals surface area contributed by atoms with E-state index in [-0.39, 0.29) is 12.4 Å². The molecule has 0 atom stereocenters. The maximum absolute atomic E-state index is 13.5. The highest BCUT2D eigenvalue weighted by molar-refractivity contribution is 9.10. The van der Waals surface area contributed by atoms with Crippen LogP contribution in [0.2, 0.25) is 0 Å². The topological polar surface area (TPSA) is 9.23 Å². The maximum atomic E-state index is 13.5. The van der Waals surface area contributed by atoms with E-state index in [9.17, 15) is 4.39 Å². The van der Waals surface area contributed by atoms with Gasteiger partial charge >= 0.3 is 0 Å². The Morgan fingerprint density at radius 1 is 1.06 bits per heavy atom. The van der Waals surface area contributed by atoms with Crippen molar-refractivity contribution in [3.8, 4) is 5.75 Å². The molecule has 0 aliphatic rings. The summed E-state index contributed by atoms with van der Waals surface area (Å²) in [7, 11) is 0. The van der Waals surface area contributed by atoms with Crippen LogP contribution < -0.4 is 4.74 Å². The molecule has 2 aromatic rings. The molecular formula is C14H11BrClFO. The van der Waals surface area contributed by atoms with Gasteiger partial charge in [-0.25, -0.2) is 4.39 Å². The fraction of sp³-hybridized carbons (Fsp3) is 0.143. The van der Waals surface area contributed by atoms with Crippen molar-refractivity contribution in [2.75, 3.05) is 0 Å². The molecule has 0 N–H and O–H groups in total. The highest BCUT2D eigenvalue weighted by Crippen LogP contribution is 2.31. The Labute approximate surface area is 119 Å². The molecule has 0 bridgehead atoms. The Hall–Kier alpha value is -1.06. The summed E-state index contributed by atoms with van der Waals surface area (Å²) in [5.74, 6) is 0.749. The average molecular weight is 330 g/mol. The SMILES string of the molecule is Fc1ccccc1COc1c(Br)cccc1CCl. The third kappa shape index (κ3) is 3.03. The van der Waals surface area contributed by atoms with E-state index in [1.807, 2.05) is 18.2 Å². The highest BCUT2D eigenvalue weighted by Gasteiger charge is 2.08. The van der Waals surface area contributed by atoms with E-state index in [1.54, 1.807) is 18.2 Å². The Kier molecular flexibility index (Phi) is 4.61. The largest absolute Gasteiger partial charge is 0.487 e. The van der Waals surface area contributed by atoms with Gasteiger partial charge in [-0.1, -0.05) is 30.3 Å². The van der Waals surface area contributed by atoms with Gasteiger partial charge in [0.25, 0.3) is 0 Å². The van der Waals surface area contributed by atoms with Crippen LogP contribution in [0, 0.1) is 5.82 Å². The average Bonchev–Trinajstić information content (AvgIpc) is 2.39. The van der Waals surface area contributed by atoms with Gasteiger partial charge in [0, 0.05) is 11.1 Å². The first-order valence-corrected chi connectivity index (χ1v) is 6.74. The Morgan fingerprint density at radius 3 is 2.50 bits per heavy atom. The highest BCUT2D eigenvalue weighted by atomic mass is 79.9. The third-order valence-corrected chi connectivity index (χ3v) is 3.43. The summed E-state index contributed by atoms with van der Waals surface area (Å²) in [5, 5.41) is 0. The lowest BCUT2D eigenvalue weighted by molar-refractivity contribution is 0.295. The van der Waals surface area contributed by atoms with Crippen LogP contribution in [0.4, 0.5) is 4.39 Å². The van der Waals surface area contributed by atoms with Gasteiger partial charge in [-0.15, -0.1) is 11.6 Å². The lowest BCUT2D eigenvalue weighted by Gasteiger charge is -2.12. The fourth-order valence-electron chi connectivity index (χ4n) is 1.59. The van der Waals surface area contributed by atoms with Gasteiger partial charge in [-0.3, -0.25) is 0 Å². The minimum atomic E-state index is -0.267. The fourth-order valence-corrected chi connectivity index (χ4v) is 2.32. The molecule has 2 aromatic carbocycles. The molecule has 0 unspecified atom stereocenters. The first kappa shape index (κ1) is 13.4. The lowest BCUT2D eigenvalue weighted by atomic mass is 10.2. The number of alkyl halides is 1. The van der Waals surface area contributed by atoms with Crippen LogP contribution in [-0.4, -0.2) is 0 Å². The second-order valence-electron chi connectivity index (χ2n) is 3.74. The number of rotatable bonds is 4. The number of halogens is 3. The lowest BCUT2D eigenvalue weighted by Crippen LogP contribution is -2.00. The molecule has 0 saturated heterocycles. The summed E-state index contributed by atoms with van der Waals surface area (Å²) in [6, 6.07) is 12.2. The van der Waals surface area contributed by atoms with Gasteiger partial charge < -0.3 is 4.74 Å². The van der Waals surface area contributed by atoms with Crippen molar-refractivity contribution in [1.82, 2.24) is 0 Å². The summed E-state index contributed by atoms with van der Waals surface area (Å²) in [6.45, 7) is 0.180. The summed E-state index contributed by atoms with van der Waals surface area (Å²) in [4.78, 5) is 0. The van der Waals surface area contributed by atoms with Crippen LogP contribution in [0.3, 0.4) is 0 Å². The van der Waals surface area contributed by atoms with Crippen molar-refractivity contribution < 1.29 is 9.13 Å². The van der Waals surface area contributed by atoms with Crippen molar-refractivity contribution >= 4 is 27.5 Å². The minimum Gasteiger partial charge on any atom is -0.487 e. The number of ether oxygens (including phenoxy) is 1. The first-order valence-electron chi connectivity index (χ1n) is 5.42. The second kappa shape index (κ2) is 6.21. The van der Waals surface area contributed by atoms with Crippen molar-refractivity contribution in [1.29, 1.82) is 0 Å². The molecule has 18 heavy (non-hydrogen) atoms. The normalized spacial score (nSPS) is 10.4. The maximum Gasteiger partial charge on any atom is 0.138 e. The van der Waals surface area contributed by atoms with Crippen molar-refractivity contribution in [2.45, 2.75) is 12.5 Å². The summed E-state index contributed by atoms with van der Waals surface area (Å²) >= 11 is 9.24. The van der Waals surface area contributed by atoms with Crippen LogP contribution in [0.15, 0.2) is 46.9 Å². The number of hydrogen-bond donors (Lipinski definition) is 0. The molecule has 0 spiro atoms. The standard InChI is InChI=1S/C14H11BrClFO/c15-12-6-3-5-10(8-16)14(12)18-9-11-4-1-2-7-13(11)17/h1-7H,8-9H2. The Bertz CT molecular complexity index is 545. The van der Waals surface area contributed by atoms with Crippen molar-refractivity contribution in [2.24, 2.45) is 0 Å². The molecule has 1 nitrogen and oxygen atoms in total. The predicted molar refractivity (Wildman–Crippen MR) is 74.4 cm³/mol. The molecule has 0 radical (unpaired) electrons. The van der Waals surface area contributed by atoms with E-state index in [4.69, 9.17) is 16.3 Å². The molecule has 0 fully saturated rings. The zero-order valence-electron chi connectivity index (χ0n) is 9.50. The molecule has 0 aliphatic carbocycles. The molecule has 0 aliphatic heterocycles. The third-order valence-electron chi connectivity index (χ3n) is 2.52. The van der Waals surface area contributed by atoms with Crippen LogP contribution in [0.5, 0.6) is 5.75 Å². The predicted octanol–water partition coefficient (Wildman–Crippen LogP) is 4.91. The van der Waals surface area contributed by atoms with Gasteiger partial charge in [0.05, 0.1) is 10.4 Å². The van der Waals surface area contributed by atoms with Crippen LogP contribution >= 0.6 is 27.5 Å². The Morgan fingerprint density at radius 2 is 1.78 bits per heavy atom. The van der Waals surface area contributed by atoms with Crippen molar-refractivity contribution in [3.63, 3.8) is 0 Å². The molecule has 4 heteroatoms. The molecule has 0 amide bonds. The smallest absolute Gasteiger partial charge is 0.138 e. The number of para-hydroxylation sites is 1. The molecule has 0 heterocycles. The van der Waals surface area contributed by atoms with Crippen molar-refractivity contribution in [3.05, 3.63) is 63.9 Å². The van der Waals surface area contributed by atoms with E-state index in [0.717, 1.165) is 10.0 Å². The van der Waals surface area contributed by atoms with Gasteiger partial charge in [-0.2, -0.15) is 0 Å². The number of hydrogen-bond acceptors (Lipinski definition) is 1. The first-order chi connectivity index (χ1) is 8.72. The van der Waals surface area contributed by atoms with E-state index < -0.39 is 0 Å². The van der Waals surface area contributed by atoms with Crippen LogP contribution in [-0.2, 0) is 12.5 Å². The van der Waals surface area contributed by atoms with Gasteiger partial charge in [0.1, 0.15) is 18.2 Å². The zero-order valence-corrected chi connectivity index (χ0v) is 11.8. The minimum absolute atomic E-state index is 0.180. The molecular weight excluding hydrogens is 319 g/mol. The van der Waals surface area contributed by atoms with E-state index >= 15 is 0 Å². The summed E-state index contributed by atoms with van der Waals surface area (Å²) in [5.41, 5.74) is 1.40. The summed E-state index contributed by atoms with van der Waals surface area (Å²) in [6.07, 6.45) is 0. The molecule has 0 aromatic heterocycles. The molecule has 94 valence electrons. The summed E-state index contributed by atoms with van der Waals surface area (Å²) < 4.78 is 19.9. The van der Waals surface area contributed by atoms with Gasteiger partial charge in [0.2, 0.25) is 0 Å². The Balaban J connectivity index is 2.18. The second-order valence-corrected chi connectivity index (χ2v) is 4.86. The van der Waals surface area contributed by atoms with Gasteiger partial charge in [0.15, 0.2) is 0 Å². The van der Waals surface area contributed by atoms with E-state index in [0.29, 0.717) is 17.2 Å². The monoisotopic (exact) mass is 328 g/mol. The molecule has 0 saturated carbocycles. The van der Waals surface area contributed by atoms with Crippen LogP contribution in [0.25, 0.3) is 0 Å². The molecule has 2 rings (SSSR count). The zero-order chi connectivity index (χ0) is 13.0.